The second-order valence-electron chi connectivity index (χ2n) is 5.95. The number of carbonyl (C=O) groups excluding carboxylic acids is 1. The fourth-order valence-electron chi connectivity index (χ4n) is 2.83. The molecule has 0 fully saturated rings. The quantitative estimate of drug-likeness (QED) is 0.656. The molecule has 1 unspecified atom stereocenters. The molecule has 0 aliphatic rings. The number of carbonyl (C=O) groups is 1. The van der Waals surface area contributed by atoms with Crippen LogP contribution in [0.4, 0.5) is 0 Å². The summed E-state index contributed by atoms with van der Waals surface area (Å²) in [7, 11) is 0. The molecular weight excluding hydrogens is 332 g/mol. The Morgan fingerprint density at radius 3 is 2.76 bits per heavy atom. The number of rotatable bonds is 5. The van der Waals surface area contributed by atoms with E-state index in [-0.39, 0.29) is 5.78 Å². The maximum atomic E-state index is 12.9. The molecule has 3 rings (SSSR count). The molecule has 126 valence electrons. The topological polar surface area (TPSA) is 71.6 Å². The van der Waals surface area contributed by atoms with E-state index in [1.165, 1.54) is 11.3 Å². The van der Waals surface area contributed by atoms with Crippen molar-refractivity contribution in [1.29, 1.82) is 5.26 Å². The van der Waals surface area contributed by atoms with Crippen LogP contribution in [0.5, 0.6) is 0 Å². The van der Waals surface area contributed by atoms with Crippen molar-refractivity contribution in [3.63, 3.8) is 0 Å². The maximum Gasteiger partial charge on any atom is 0.188 e. The smallest absolute Gasteiger partial charge is 0.188 e. The number of pyridine rings is 1. The summed E-state index contributed by atoms with van der Waals surface area (Å²) in [6.07, 6.45) is 1.76. The van der Waals surface area contributed by atoms with Gasteiger partial charge in [-0.25, -0.2) is 4.98 Å². The van der Waals surface area contributed by atoms with Gasteiger partial charge in [0.1, 0.15) is 5.01 Å². The third-order valence-electron chi connectivity index (χ3n) is 4.16. The summed E-state index contributed by atoms with van der Waals surface area (Å²) < 4.78 is 2.05. The molecule has 0 bridgehead atoms. The lowest BCUT2D eigenvalue weighted by atomic mass is 9.99. The number of nitriles is 1. The number of Topliss-reactive ketones (excluding diaryl/α,β-unsaturated/α-hetero) is 1. The van der Waals surface area contributed by atoms with Crippen LogP contribution in [0.3, 0.4) is 0 Å². The molecule has 0 saturated carbocycles. The van der Waals surface area contributed by atoms with Gasteiger partial charge in [-0.3, -0.25) is 9.78 Å². The van der Waals surface area contributed by atoms with E-state index in [4.69, 9.17) is 0 Å². The van der Waals surface area contributed by atoms with Gasteiger partial charge in [-0.1, -0.05) is 6.07 Å². The molecule has 0 aliphatic heterocycles. The number of ketones is 1. The number of aryl methyl sites for hydroxylation is 2. The summed E-state index contributed by atoms with van der Waals surface area (Å²) in [5.74, 6) is -1.06. The standard InChI is InChI=1S/C19H18N4OS/c1-12-11-25-19(22-12)17(9-20)18(24)16-8-13(2)23(14(16)3)10-15-6-4-5-7-21-15/h4-8,11,17H,10H2,1-3H3. The molecule has 5 nitrogen and oxygen atoms in total. The summed E-state index contributed by atoms with van der Waals surface area (Å²) in [6, 6.07) is 9.74. The summed E-state index contributed by atoms with van der Waals surface area (Å²) in [5, 5.41) is 11.9. The largest absolute Gasteiger partial charge is 0.343 e. The van der Waals surface area contributed by atoms with E-state index in [1.807, 2.05) is 50.4 Å². The van der Waals surface area contributed by atoms with Gasteiger partial charge in [-0.2, -0.15) is 5.26 Å². The van der Waals surface area contributed by atoms with E-state index in [0.717, 1.165) is 22.8 Å². The van der Waals surface area contributed by atoms with Crippen LogP contribution in [0.1, 0.15) is 44.1 Å². The summed E-state index contributed by atoms with van der Waals surface area (Å²) in [6.45, 7) is 6.32. The molecule has 25 heavy (non-hydrogen) atoms. The van der Waals surface area contributed by atoms with Gasteiger partial charge < -0.3 is 4.57 Å². The molecule has 1 atom stereocenters. The Morgan fingerprint density at radius 2 is 2.16 bits per heavy atom. The highest BCUT2D eigenvalue weighted by Crippen LogP contribution is 2.27. The zero-order chi connectivity index (χ0) is 18.0. The molecule has 0 spiro atoms. The fourth-order valence-corrected chi connectivity index (χ4v) is 3.67. The van der Waals surface area contributed by atoms with E-state index in [0.29, 0.717) is 17.1 Å². The lowest BCUT2D eigenvalue weighted by Crippen LogP contribution is -2.13. The average molecular weight is 350 g/mol. The normalized spacial score (nSPS) is 11.9. The number of nitrogens with zero attached hydrogens (tertiary/aromatic N) is 4. The van der Waals surface area contributed by atoms with E-state index in [9.17, 15) is 10.1 Å². The molecule has 3 aromatic rings. The minimum atomic E-state index is -0.859. The molecule has 0 N–H and O–H groups in total. The fraction of sp³-hybridized carbons (Fsp3) is 0.263. The number of aromatic nitrogens is 3. The molecule has 0 aromatic carbocycles. The summed E-state index contributed by atoms with van der Waals surface area (Å²) >= 11 is 1.35. The Hall–Kier alpha value is -2.78. The first-order valence-corrected chi connectivity index (χ1v) is 8.81. The Balaban J connectivity index is 1.94. The van der Waals surface area contributed by atoms with Gasteiger partial charge in [-0.15, -0.1) is 11.3 Å². The van der Waals surface area contributed by atoms with Crippen molar-refractivity contribution in [3.05, 3.63) is 69.2 Å². The molecule has 6 heteroatoms. The monoisotopic (exact) mass is 350 g/mol. The first-order valence-electron chi connectivity index (χ1n) is 7.93. The Bertz CT molecular complexity index is 950. The molecule has 0 amide bonds. The van der Waals surface area contributed by atoms with Crippen molar-refractivity contribution in [2.45, 2.75) is 33.2 Å². The van der Waals surface area contributed by atoms with Gasteiger partial charge in [0.25, 0.3) is 0 Å². The predicted octanol–water partition coefficient (Wildman–Crippen LogP) is 3.80. The number of hydrogen-bond acceptors (Lipinski definition) is 5. The van der Waals surface area contributed by atoms with Crippen molar-refractivity contribution < 1.29 is 4.79 Å². The van der Waals surface area contributed by atoms with Crippen LogP contribution < -0.4 is 0 Å². The molecule has 0 aliphatic carbocycles. The zero-order valence-corrected chi connectivity index (χ0v) is 15.2. The summed E-state index contributed by atoms with van der Waals surface area (Å²) in [4.78, 5) is 21.6. The highest BCUT2D eigenvalue weighted by Gasteiger charge is 2.27. The molecule has 0 radical (unpaired) electrons. The van der Waals surface area contributed by atoms with Gasteiger partial charge in [0.05, 0.1) is 18.3 Å². The third kappa shape index (κ3) is 3.37. The van der Waals surface area contributed by atoms with Crippen molar-refractivity contribution in [3.8, 4) is 6.07 Å². The minimum absolute atomic E-state index is 0.197. The van der Waals surface area contributed by atoms with Crippen LogP contribution in [-0.4, -0.2) is 20.3 Å². The molecule has 3 aromatic heterocycles. The third-order valence-corrected chi connectivity index (χ3v) is 5.19. The van der Waals surface area contributed by atoms with Gasteiger partial charge in [0, 0.05) is 34.2 Å². The van der Waals surface area contributed by atoms with Crippen LogP contribution >= 0.6 is 11.3 Å². The number of thiazole rings is 1. The first kappa shape index (κ1) is 17.1. The van der Waals surface area contributed by atoms with Gasteiger partial charge in [-0.05, 0) is 39.0 Å². The van der Waals surface area contributed by atoms with Crippen molar-refractivity contribution in [2.75, 3.05) is 0 Å². The van der Waals surface area contributed by atoms with E-state index < -0.39 is 5.92 Å². The predicted molar refractivity (Wildman–Crippen MR) is 96.8 cm³/mol. The molecule has 3 heterocycles. The summed E-state index contributed by atoms with van der Waals surface area (Å²) in [5.41, 5.74) is 4.15. The van der Waals surface area contributed by atoms with Crippen molar-refractivity contribution in [2.24, 2.45) is 0 Å². The van der Waals surface area contributed by atoms with E-state index in [2.05, 4.69) is 20.6 Å². The molecular formula is C19H18N4OS. The second kappa shape index (κ2) is 6.99. The van der Waals surface area contributed by atoms with Gasteiger partial charge in [0.15, 0.2) is 11.7 Å². The second-order valence-corrected chi connectivity index (χ2v) is 6.84. The lowest BCUT2D eigenvalue weighted by molar-refractivity contribution is 0.0978. The van der Waals surface area contributed by atoms with Crippen molar-refractivity contribution >= 4 is 17.1 Å². The van der Waals surface area contributed by atoms with E-state index in [1.54, 1.807) is 6.20 Å². The maximum absolute atomic E-state index is 12.9. The Kier molecular flexibility index (Phi) is 4.77. The van der Waals surface area contributed by atoms with Gasteiger partial charge in [0.2, 0.25) is 0 Å². The number of hydrogen-bond donors (Lipinski definition) is 0. The van der Waals surface area contributed by atoms with Gasteiger partial charge >= 0.3 is 0 Å². The highest BCUT2D eigenvalue weighted by molar-refractivity contribution is 7.10. The van der Waals surface area contributed by atoms with Crippen LogP contribution in [0.15, 0.2) is 35.8 Å². The SMILES string of the molecule is Cc1csc(C(C#N)C(=O)c2cc(C)n(Cc3ccccn3)c2C)n1. The van der Waals surface area contributed by atoms with E-state index >= 15 is 0 Å². The molecule has 0 saturated heterocycles. The van der Waals surface area contributed by atoms with Crippen molar-refractivity contribution in [1.82, 2.24) is 14.5 Å². The first-order chi connectivity index (χ1) is 12.0. The average Bonchev–Trinajstić information content (AvgIpc) is 3.15. The van der Waals surface area contributed by atoms with Crippen LogP contribution in [-0.2, 0) is 6.54 Å². The van der Waals surface area contributed by atoms with Crippen LogP contribution in [0.25, 0.3) is 0 Å². The van der Waals surface area contributed by atoms with Crippen LogP contribution in [0.2, 0.25) is 0 Å². The highest BCUT2D eigenvalue weighted by atomic mass is 32.1. The zero-order valence-electron chi connectivity index (χ0n) is 14.4. The minimum Gasteiger partial charge on any atom is -0.343 e. The Labute approximate surface area is 150 Å². The lowest BCUT2D eigenvalue weighted by Gasteiger charge is -2.10. The van der Waals surface area contributed by atoms with Crippen LogP contribution in [0, 0.1) is 32.1 Å². The Morgan fingerprint density at radius 1 is 1.36 bits per heavy atom.